The Hall–Kier alpha value is -1.27. The van der Waals surface area contributed by atoms with Crippen molar-refractivity contribution in [3.63, 3.8) is 0 Å². The van der Waals surface area contributed by atoms with Gasteiger partial charge in [-0.3, -0.25) is 0 Å². The molecule has 114 valence electrons. The Morgan fingerprint density at radius 3 is 2.40 bits per heavy atom. The third kappa shape index (κ3) is 4.38. The Balaban J connectivity index is 2.58. The van der Waals surface area contributed by atoms with Gasteiger partial charge in [0.2, 0.25) is 10.0 Å². The second-order valence-electron chi connectivity index (χ2n) is 5.20. The number of sulfonamides is 1. The van der Waals surface area contributed by atoms with Crippen LogP contribution in [0.3, 0.4) is 0 Å². The molecule has 0 saturated carbocycles. The van der Waals surface area contributed by atoms with Crippen molar-refractivity contribution in [3.05, 3.63) is 24.3 Å². The van der Waals surface area contributed by atoms with Gasteiger partial charge in [0.05, 0.1) is 11.4 Å². The molecule has 1 aromatic carbocycles. The van der Waals surface area contributed by atoms with Crippen molar-refractivity contribution in [2.24, 2.45) is 5.92 Å². The number of nitrogens with zero attached hydrogens (tertiary/aromatic N) is 1. The van der Waals surface area contributed by atoms with Crippen molar-refractivity contribution in [3.8, 4) is 5.75 Å². The van der Waals surface area contributed by atoms with E-state index in [2.05, 4.69) is 0 Å². The lowest BCUT2D eigenvalue weighted by Gasteiger charge is -2.27. The summed E-state index contributed by atoms with van der Waals surface area (Å²) in [6.45, 7) is 5.99. The predicted octanol–water partition coefficient (Wildman–Crippen LogP) is 1.95. The highest BCUT2D eigenvalue weighted by Gasteiger charge is 2.25. The first kappa shape index (κ1) is 16.8. The van der Waals surface area contributed by atoms with E-state index in [1.54, 1.807) is 31.3 Å². The van der Waals surface area contributed by atoms with Gasteiger partial charge in [0.25, 0.3) is 0 Å². The minimum atomic E-state index is -3.32. The number of ether oxygens (including phenoxy) is 1. The first-order chi connectivity index (χ1) is 9.25. The van der Waals surface area contributed by atoms with Crippen LogP contribution >= 0.6 is 0 Å². The van der Waals surface area contributed by atoms with Gasteiger partial charge in [-0.15, -0.1) is 0 Å². The maximum Gasteiger partial charge on any atom is 0.217 e. The third-order valence-electron chi connectivity index (χ3n) is 3.49. The van der Waals surface area contributed by atoms with E-state index in [4.69, 9.17) is 10.5 Å². The Kier molecular flexibility index (Phi) is 5.83. The Bertz CT molecular complexity index is 529. The number of hydrogen-bond donors (Lipinski definition) is 1. The number of nitrogens with two attached hydrogens (primary N) is 1. The van der Waals surface area contributed by atoms with E-state index < -0.39 is 10.0 Å². The van der Waals surface area contributed by atoms with Gasteiger partial charge >= 0.3 is 0 Å². The van der Waals surface area contributed by atoms with Crippen LogP contribution in [0.1, 0.15) is 20.8 Å². The second kappa shape index (κ2) is 6.95. The number of nitrogen functional groups attached to an aromatic ring is 1. The topological polar surface area (TPSA) is 72.6 Å². The van der Waals surface area contributed by atoms with Crippen LogP contribution in [0, 0.1) is 5.92 Å². The SMILES string of the molecule is CC(C)C(C)N(C)S(=O)(=O)CCOc1ccccc1N. The van der Waals surface area contributed by atoms with E-state index in [-0.39, 0.29) is 24.3 Å². The lowest BCUT2D eigenvalue weighted by molar-refractivity contribution is 0.305. The van der Waals surface area contributed by atoms with Crippen molar-refractivity contribution in [2.75, 3.05) is 25.1 Å². The molecular weight excluding hydrogens is 276 g/mol. The molecule has 0 amide bonds. The van der Waals surface area contributed by atoms with Crippen molar-refractivity contribution < 1.29 is 13.2 Å². The molecule has 0 spiro atoms. The van der Waals surface area contributed by atoms with Gasteiger partial charge in [-0.05, 0) is 25.0 Å². The molecule has 0 aliphatic heterocycles. The maximum absolute atomic E-state index is 12.2. The molecule has 2 N–H and O–H groups in total. The molecule has 5 nitrogen and oxygen atoms in total. The summed E-state index contributed by atoms with van der Waals surface area (Å²) in [6.07, 6.45) is 0. The average molecular weight is 300 g/mol. The molecule has 0 heterocycles. The van der Waals surface area contributed by atoms with Gasteiger partial charge in [-0.1, -0.05) is 26.0 Å². The zero-order chi connectivity index (χ0) is 15.3. The molecule has 0 aliphatic carbocycles. The number of para-hydroxylation sites is 2. The van der Waals surface area contributed by atoms with E-state index in [0.717, 1.165) is 0 Å². The van der Waals surface area contributed by atoms with Gasteiger partial charge in [0.15, 0.2) is 0 Å². The van der Waals surface area contributed by atoms with Crippen LogP contribution in [-0.2, 0) is 10.0 Å². The summed E-state index contributed by atoms with van der Waals surface area (Å²) in [5.41, 5.74) is 6.24. The minimum Gasteiger partial charge on any atom is -0.490 e. The first-order valence-electron chi connectivity index (χ1n) is 6.68. The number of anilines is 1. The highest BCUT2D eigenvalue weighted by atomic mass is 32.2. The lowest BCUT2D eigenvalue weighted by atomic mass is 10.1. The summed E-state index contributed by atoms with van der Waals surface area (Å²) in [6, 6.07) is 7.01. The van der Waals surface area contributed by atoms with Gasteiger partial charge in [-0.25, -0.2) is 12.7 Å². The highest BCUT2D eigenvalue weighted by molar-refractivity contribution is 7.89. The zero-order valence-electron chi connectivity index (χ0n) is 12.5. The molecule has 0 saturated heterocycles. The van der Waals surface area contributed by atoms with E-state index in [0.29, 0.717) is 11.4 Å². The van der Waals surface area contributed by atoms with Crippen LogP contribution in [0.2, 0.25) is 0 Å². The van der Waals surface area contributed by atoms with Crippen LogP contribution in [0.5, 0.6) is 5.75 Å². The quantitative estimate of drug-likeness (QED) is 0.781. The molecule has 0 radical (unpaired) electrons. The standard InChI is InChI=1S/C14H24N2O3S/c1-11(2)12(3)16(4)20(17,18)10-9-19-14-8-6-5-7-13(14)15/h5-8,11-12H,9-10,15H2,1-4H3. The van der Waals surface area contributed by atoms with Crippen LogP contribution < -0.4 is 10.5 Å². The Morgan fingerprint density at radius 1 is 1.25 bits per heavy atom. The van der Waals surface area contributed by atoms with Crippen LogP contribution in [0.25, 0.3) is 0 Å². The van der Waals surface area contributed by atoms with Gasteiger partial charge in [0.1, 0.15) is 12.4 Å². The van der Waals surface area contributed by atoms with Gasteiger partial charge in [0, 0.05) is 13.1 Å². The molecule has 1 atom stereocenters. The fourth-order valence-electron chi connectivity index (χ4n) is 1.69. The highest BCUT2D eigenvalue weighted by Crippen LogP contribution is 2.20. The Morgan fingerprint density at radius 2 is 1.85 bits per heavy atom. The number of benzene rings is 1. The fraction of sp³-hybridized carbons (Fsp3) is 0.571. The summed E-state index contributed by atoms with van der Waals surface area (Å²) in [5, 5.41) is 0. The van der Waals surface area contributed by atoms with Crippen molar-refractivity contribution >= 4 is 15.7 Å². The zero-order valence-corrected chi connectivity index (χ0v) is 13.4. The maximum atomic E-state index is 12.2. The van der Waals surface area contributed by atoms with E-state index in [1.807, 2.05) is 20.8 Å². The smallest absolute Gasteiger partial charge is 0.217 e. The minimum absolute atomic E-state index is 0.0400. The van der Waals surface area contributed by atoms with E-state index >= 15 is 0 Å². The second-order valence-corrected chi connectivity index (χ2v) is 7.35. The molecule has 0 aliphatic rings. The normalized spacial score (nSPS) is 13.7. The third-order valence-corrected chi connectivity index (χ3v) is 5.39. The summed E-state index contributed by atoms with van der Waals surface area (Å²) >= 11 is 0. The first-order valence-corrected chi connectivity index (χ1v) is 8.29. The summed E-state index contributed by atoms with van der Waals surface area (Å²) < 4.78 is 31.2. The van der Waals surface area contributed by atoms with E-state index in [9.17, 15) is 8.42 Å². The average Bonchev–Trinajstić information content (AvgIpc) is 2.39. The van der Waals surface area contributed by atoms with Gasteiger partial charge in [-0.2, -0.15) is 0 Å². The van der Waals surface area contributed by atoms with Crippen LogP contribution in [-0.4, -0.2) is 38.2 Å². The monoisotopic (exact) mass is 300 g/mol. The van der Waals surface area contributed by atoms with Crippen molar-refractivity contribution in [1.29, 1.82) is 0 Å². The fourth-order valence-corrected chi connectivity index (χ4v) is 3.02. The molecule has 1 rings (SSSR count). The lowest BCUT2D eigenvalue weighted by Crippen LogP contribution is -2.40. The summed E-state index contributed by atoms with van der Waals surface area (Å²) in [7, 11) is -1.71. The predicted molar refractivity (Wildman–Crippen MR) is 82.2 cm³/mol. The number of rotatable bonds is 7. The van der Waals surface area contributed by atoms with Crippen LogP contribution in [0.4, 0.5) is 5.69 Å². The summed E-state index contributed by atoms with van der Waals surface area (Å²) in [4.78, 5) is 0. The van der Waals surface area contributed by atoms with Crippen molar-refractivity contribution in [1.82, 2.24) is 4.31 Å². The molecule has 0 aromatic heterocycles. The molecule has 0 bridgehead atoms. The molecule has 6 heteroatoms. The molecule has 0 fully saturated rings. The number of hydrogen-bond acceptors (Lipinski definition) is 4. The van der Waals surface area contributed by atoms with E-state index in [1.165, 1.54) is 4.31 Å². The Labute approximate surface area is 121 Å². The van der Waals surface area contributed by atoms with Gasteiger partial charge < -0.3 is 10.5 Å². The van der Waals surface area contributed by atoms with Crippen molar-refractivity contribution in [2.45, 2.75) is 26.8 Å². The van der Waals surface area contributed by atoms with Crippen LogP contribution in [0.15, 0.2) is 24.3 Å². The molecular formula is C14H24N2O3S. The molecule has 1 aromatic rings. The summed E-state index contributed by atoms with van der Waals surface area (Å²) in [5.74, 6) is 0.720. The molecule has 20 heavy (non-hydrogen) atoms. The molecule has 1 unspecified atom stereocenters. The largest absolute Gasteiger partial charge is 0.490 e.